The molecule has 1 heteroatoms. The smallest absolute Gasteiger partial charge is 0.0979 e. The molecule has 2 bridgehead atoms. The molecule has 32 heavy (non-hydrogen) atoms. The van der Waals surface area contributed by atoms with Gasteiger partial charge in [-0.15, -0.1) is 0 Å². The minimum absolute atomic E-state index is 0.0144. The lowest BCUT2D eigenvalue weighted by molar-refractivity contribution is -0.336. The molecule has 1 nitrogen and oxygen atoms in total. The van der Waals surface area contributed by atoms with Crippen molar-refractivity contribution in [1.29, 1.82) is 0 Å². The standard InChI is InChI=1S/C31H46O/c1-20(2)9-8-10-21(3)23-12-13-24-25-15-16-30-26(14-11-22(4)27(30,5)6)31(32-30)19-29(25,31)18-17-28(23,24)7/h8-9,15-16,21-26H,1,10-14,17-19H2,2-7H3/b9-8+. The molecule has 5 fully saturated rings. The Balaban J connectivity index is 1.31. The Morgan fingerprint density at radius 2 is 1.94 bits per heavy atom. The van der Waals surface area contributed by atoms with E-state index in [0.717, 1.165) is 35.5 Å². The first-order valence-electron chi connectivity index (χ1n) is 13.8. The van der Waals surface area contributed by atoms with Crippen LogP contribution in [0.25, 0.3) is 0 Å². The normalized spacial score (nSPS) is 55.1. The maximum atomic E-state index is 7.23. The fourth-order valence-corrected chi connectivity index (χ4v) is 10.5. The predicted octanol–water partition coefficient (Wildman–Crippen LogP) is 8.13. The van der Waals surface area contributed by atoms with Crippen LogP contribution < -0.4 is 0 Å². The lowest BCUT2D eigenvalue weighted by atomic mass is 9.49. The number of hydrogen-bond donors (Lipinski definition) is 0. The molecule has 0 aromatic rings. The van der Waals surface area contributed by atoms with Crippen molar-refractivity contribution >= 4 is 0 Å². The van der Waals surface area contributed by atoms with E-state index in [1.807, 2.05) is 0 Å². The second-order valence-corrected chi connectivity index (χ2v) is 14.0. The molecule has 4 saturated carbocycles. The minimum Gasteiger partial charge on any atom is -0.362 e. The molecule has 7 aliphatic rings. The number of fused-ring (bicyclic) bond motifs is 1. The summed E-state index contributed by atoms with van der Waals surface area (Å²) in [6.07, 6.45) is 21.0. The van der Waals surface area contributed by atoms with Crippen molar-refractivity contribution in [2.24, 2.45) is 51.8 Å². The van der Waals surface area contributed by atoms with Crippen LogP contribution in [0.15, 0.2) is 36.5 Å². The third-order valence-corrected chi connectivity index (χ3v) is 12.7. The van der Waals surface area contributed by atoms with Crippen molar-refractivity contribution in [1.82, 2.24) is 0 Å². The second kappa shape index (κ2) is 6.44. The average molecular weight is 435 g/mol. The summed E-state index contributed by atoms with van der Waals surface area (Å²) in [5.41, 5.74) is 2.63. The van der Waals surface area contributed by atoms with E-state index in [9.17, 15) is 0 Å². The Kier molecular flexibility index (Phi) is 4.36. The zero-order valence-electron chi connectivity index (χ0n) is 21.5. The molecule has 0 aromatic carbocycles. The lowest BCUT2D eigenvalue weighted by Crippen LogP contribution is -2.72. The van der Waals surface area contributed by atoms with Gasteiger partial charge in [-0.2, -0.15) is 0 Å². The van der Waals surface area contributed by atoms with E-state index in [1.54, 1.807) is 0 Å². The van der Waals surface area contributed by atoms with Crippen molar-refractivity contribution in [2.45, 2.75) is 104 Å². The van der Waals surface area contributed by atoms with Crippen molar-refractivity contribution in [2.75, 3.05) is 0 Å². The molecule has 2 heterocycles. The van der Waals surface area contributed by atoms with Crippen LogP contribution in [0.2, 0.25) is 0 Å². The van der Waals surface area contributed by atoms with Crippen LogP contribution in [0.5, 0.6) is 0 Å². The molecule has 10 unspecified atom stereocenters. The highest BCUT2D eigenvalue weighted by Gasteiger charge is 2.88. The third-order valence-electron chi connectivity index (χ3n) is 12.7. The Morgan fingerprint density at radius 3 is 2.69 bits per heavy atom. The monoisotopic (exact) mass is 434 g/mol. The van der Waals surface area contributed by atoms with Gasteiger partial charge in [0.05, 0.1) is 11.2 Å². The summed E-state index contributed by atoms with van der Waals surface area (Å²) >= 11 is 0. The summed E-state index contributed by atoms with van der Waals surface area (Å²) in [7, 11) is 0. The molecule has 176 valence electrons. The molecule has 0 radical (unpaired) electrons. The van der Waals surface area contributed by atoms with E-state index in [-0.39, 0.29) is 16.6 Å². The number of hydrogen-bond acceptors (Lipinski definition) is 1. The molecule has 0 aromatic heterocycles. The first kappa shape index (κ1) is 21.7. The van der Waals surface area contributed by atoms with Gasteiger partial charge < -0.3 is 4.74 Å². The fourth-order valence-electron chi connectivity index (χ4n) is 10.5. The molecule has 1 saturated heterocycles. The zero-order valence-corrected chi connectivity index (χ0v) is 21.5. The van der Waals surface area contributed by atoms with Crippen molar-refractivity contribution in [3.63, 3.8) is 0 Å². The predicted molar refractivity (Wildman–Crippen MR) is 133 cm³/mol. The van der Waals surface area contributed by atoms with Gasteiger partial charge in [0.1, 0.15) is 0 Å². The molecule has 0 N–H and O–H groups in total. The number of rotatable bonds is 4. The van der Waals surface area contributed by atoms with Crippen LogP contribution in [0, 0.1) is 51.8 Å². The van der Waals surface area contributed by atoms with E-state index < -0.39 is 0 Å². The van der Waals surface area contributed by atoms with E-state index in [0.29, 0.717) is 10.8 Å². The van der Waals surface area contributed by atoms with Crippen molar-refractivity contribution in [3.05, 3.63) is 36.5 Å². The zero-order chi connectivity index (χ0) is 22.7. The number of allylic oxidation sites excluding steroid dienone is 4. The second-order valence-electron chi connectivity index (χ2n) is 14.0. The van der Waals surface area contributed by atoms with Gasteiger partial charge in [-0.3, -0.25) is 0 Å². The average Bonchev–Trinajstić information content (AvgIpc) is 3.29. The summed E-state index contributed by atoms with van der Waals surface area (Å²) in [5.74, 6) is 4.74. The number of ether oxygens (including phenoxy) is 1. The molecule has 0 amide bonds. The Hall–Kier alpha value is -0.820. The first-order chi connectivity index (χ1) is 15.0. The van der Waals surface area contributed by atoms with Gasteiger partial charge in [0.15, 0.2) is 0 Å². The first-order valence-corrected chi connectivity index (χ1v) is 13.8. The summed E-state index contributed by atoms with van der Waals surface area (Å²) in [5, 5.41) is 0. The van der Waals surface area contributed by atoms with Crippen LogP contribution in [0.1, 0.15) is 92.9 Å². The van der Waals surface area contributed by atoms with Crippen molar-refractivity contribution in [3.8, 4) is 0 Å². The molecule has 5 aliphatic carbocycles. The van der Waals surface area contributed by atoms with Crippen LogP contribution >= 0.6 is 0 Å². The highest BCUT2D eigenvalue weighted by molar-refractivity contribution is 5.43. The molecular weight excluding hydrogens is 388 g/mol. The topological polar surface area (TPSA) is 9.23 Å². The summed E-state index contributed by atoms with van der Waals surface area (Å²) in [6, 6.07) is 0. The lowest BCUT2D eigenvalue weighted by Gasteiger charge is -2.67. The van der Waals surface area contributed by atoms with Crippen LogP contribution in [0.4, 0.5) is 0 Å². The fraction of sp³-hybridized carbons (Fsp3) is 0.806. The van der Waals surface area contributed by atoms with Crippen molar-refractivity contribution < 1.29 is 4.74 Å². The van der Waals surface area contributed by atoms with Gasteiger partial charge in [0, 0.05) is 16.7 Å². The molecule has 7 rings (SSSR count). The maximum Gasteiger partial charge on any atom is 0.0979 e. The highest BCUT2D eigenvalue weighted by atomic mass is 16.6. The Labute approximate surface area is 197 Å². The van der Waals surface area contributed by atoms with Gasteiger partial charge in [-0.05, 0) is 93.3 Å². The van der Waals surface area contributed by atoms with Crippen LogP contribution in [0.3, 0.4) is 0 Å². The van der Waals surface area contributed by atoms with Gasteiger partial charge in [-0.25, -0.2) is 0 Å². The molecule has 10 atom stereocenters. The summed E-state index contributed by atoms with van der Waals surface area (Å²) in [4.78, 5) is 0. The van der Waals surface area contributed by atoms with Gasteiger partial charge in [-0.1, -0.05) is 71.1 Å². The van der Waals surface area contributed by atoms with Gasteiger partial charge in [0.2, 0.25) is 0 Å². The summed E-state index contributed by atoms with van der Waals surface area (Å²) < 4.78 is 7.23. The third kappa shape index (κ3) is 2.31. The summed E-state index contributed by atoms with van der Waals surface area (Å²) in [6.45, 7) is 18.8. The molecule has 3 spiro atoms. The van der Waals surface area contributed by atoms with E-state index in [1.165, 1.54) is 56.9 Å². The van der Waals surface area contributed by atoms with Gasteiger partial charge in [0.25, 0.3) is 0 Å². The van der Waals surface area contributed by atoms with E-state index in [2.05, 4.69) is 72.4 Å². The largest absolute Gasteiger partial charge is 0.362 e. The van der Waals surface area contributed by atoms with E-state index >= 15 is 0 Å². The van der Waals surface area contributed by atoms with Gasteiger partial charge >= 0.3 is 0 Å². The van der Waals surface area contributed by atoms with E-state index in [4.69, 9.17) is 4.74 Å². The molecule has 2 aliphatic heterocycles. The highest BCUT2D eigenvalue weighted by Crippen LogP contribution is 2.86. The molecular formula is C31H46O. The van der Waals surface area contributed by atoms with Crippen LogP contribution in [-0.2, 0) is 4.74 Å². The minimum atomic E-state index is 0.0144. The Bertz CT molecular complexity index is 894. The Morgan fingerprint density at radius 1 is 1.16 bits per heavy atom. The maximum absolute atomic E-state index is 7.23. The van der Waals surface area contributed by atoms with Crippen LogP contribution in [-0.4, -0.2) is 11.2 Å². The quantitative estimate of drug-likeness (QED) is 0.320. The SMILES string of the molecule is C=C(C)/C=C/CC(C)C1CCC2C3C=CC45OC6(CC36CCC12C)C4CCC(C)C5(C)C.